The first-order valence-electron chi connectivity index (χ1n) is 10.2. The standard InChI is InChI=1S/C24H32N2O4/c1-15(2)13-19-18(14-25-23(28)30-24(4,5)6)21(17-11-9-8-10-12-17)20(16(3)26-19)22(27)29-7/h8-12,15H,13-14H2,1-7H3,(H,25,28). The molecule has 0 saturated heterocycles. The molecule has 6 heteroatoms. The topological polar surface area (TPSA) is 77.5 Å². The highest BCUT2D eigenvalue weighted by Gasteiger charge is 2.25. The minimum atomic E-state index is -0.601. The number of aryl methyl sites for hydroxylation is 1. The summed E-state index contributed by atoms with van der Waals surface area (Å²) in [5, 5.41) is 2.83. The molecule has 0 spiro atoms. The van der Waals surface area contributed by atoms with E-state index < -0.39 is 17.7 Å². The van der Waals surface area contributed by atoms with E-state index >= 15 is 0 Å². The van der Waals surface area contributed by atoms with E-state index in [0.29, 0.717) is 23.6 Å². The first-order valence-corrected chi connectivity index (χ1v) is 10.2. The number of alkyl carbamates (subject to hydrolysis) is 1. The summed E-state index contributed by atoms with van der Waals surface area (Å²) in [6.45, 7) is 11.7. The Labute approximate surface area is 179 Å². The van der Waals surface area contributed by atoms with Gasteiger partial charge in [-0.15, -0.1) is 0 Å². The lowest BCUT2D eigenvalue weighted by atomic mass is 9.90. The normalized spacial score (nSPS) is 11.3. The molecule has 30 heavy (non-hydrogen) atoms. The van der Waals surface area contributed by atoms with Crippen LogP contribution in [0.3, 0.4) is 0 Å². The minimum absolute atomic E-state index is 0.193. The lowest BCUT2D eigenvalue weighted by molar-refractivity contribution is 0.0523. The maximum atomic E-state index is 12.7. The number of aromatic nitrogens is 1. The lowest BCUT2D eigenvalue weighted by Crippen LogP contribution is -2.32. The Bertz CT molecular complexity index is 900. The van der Waals surface area contributed by atoms with Gasteiger partial charge in [-0.3, -0.25) is 4.98 Å². The van der Waals surface area contributed by atoms with Crippen molar-refractivity contribution in [1.29, 1.82) is 0 Å². The molecule has 1 aromatic heterocycles. The van der Waals surface area contributed by atoms with Crippen LogP contribution in [0.4, 0.5) is 4.79 Å². The number of benzene rings is 1. The number of ether oxygens (including phenoxy) is 2. The molecule has 0 radical (unpaired) electrons. The van der Waals surface area contributed by atoms with Crippen LogP contribution >= 0.6 is 0 Å². The molecule has 1 amide bonds. The molecule has 0 saturated carbocycles. The Morgan fingerprint density at radius 3 is 2.30 bits per heavy atom. The van der Waals surface area contributed by atoms with Crippen molar-refractivity contribution >= 4 is 12.1 Å². The zero-order valence-electron chi connectivity index (χ0n) is 19.0. The Morgan fingerprint density at radius 1 is 1.13 bits per heavy atom. The summed E-state index contributed by atoms with van der Waals surface area (Å²) in [7, 11) is 1.36. The average Bonchev–Trinajstić information content (AvgIpc) is 2.65. The van der Waals surface area contributed by atoms with Crippen LogP contribution in [0.25, 0.3) is 11.1 Å². The molecule has 0 fully saturated rings. The fourth-order valence-electron chi connectivity index (χ4n) is 3.30. The van der Waals surface area contributed by atoms with Gasteiger partial charge in [-0.05, 0) is 45.6 Å². The van der Waals surface area contributed by atoms with E-state index in [0.717, 1.165) is 22.4 Å². The summed E-state index contributed by atoms with van der Waals surface area (Å²) in [6, 6.07) is 9.64. The predicted molar refractivity (Wildman–Crippen MR) is 117 cm³/mol. The zero-order chi connectivity index (χ0) is 22.5. The van der Waals surface area contributed by atoms with E-state index in [4.69, 9.17) is 14.5 Å². The summed E-state index contributed by atoms with van der Waals surface area (Å²) in [4.78, 5) is 29.7. The van der Waals surface area contributed by atoms with Gasteiger partial charge in [-0.2, -0.15) is 0 Å². The van der Waals surface area contributed by atoms with E-state index in [2.05, 4.69) is 19.2 Å². The number of hydrogen-bond donors (Lipinski definition) is 1. The Morgan fingerprint density at radius 2 is 1.77 bits per heavy atom. The largest absolute Gasteiger partial charge is 0.465 e. The van der Waals surface area contributed by atoms with Crippen molar-refractivity contribution in [2.45, 2.75) is 60.1 Å². The van der Waals surface area contributed by atoms with Gasteiger partial charge in [0.15, 0.2) is 0 Å². The maximum Gasteiger partial charge on any atom is 0.407 e. The van der Waals surface area contributed by atoms with Crippen molar-refractivity contribution in [2.75, 3.05) is 7.11 Å². The third-order valence-corrected chi connectivity index (χ3v) is 4.43. The van der Waals surface area contributed by atoms with Crippen molar-refractivity contribution in [1.82, 2.24) is 10.3 Å². The Hall–Kier alpha value is -2.89. The van der Waals surface area contributed by atoms with Crippen LogP contribution in [0.15, 0.2) is 30.3 Å². The summed E-state index contributed by atoms with van der Waals surface area (Å²) >= 11 is 0. The molecule has 0 unspecified atom stereocenters. The molecule has 2 aromatic rings. The number of carbonyl (C=O) groups excluding carboxylic acids is 2. The molecule has 1 N–H and O–H groups in total. The number of methoxy groups -OCH3 is 1. The molecule has 6 nitrogen and oxygen atoms in total. The van der Waals surface area contributed by atoms with Gasteiger partial charge in [0.1, 0.15) is 5.60 Å². The Balaban J connectivity index is 2.65. The second-order valence-electron chi connectivity index (χ2n) is 8.68. The van der Waals surface area contributed by atoms with Gasteiger partial charge in [-0.1, -0.05) is 44.2 Å². The number of rotatable bonds is 6. The Kier molecular flexibility index (Phi) is 7.59. The first kappa shape index (κ1) is 23.4. The number of nitrogens with one attached hydrogen (secondary N) is 1. The van der Waals surface area contributed by atoms with Gasteiger partial charge in [0, 0.05) is 23.4 Å². The quantitative estimate of drug-likeness (QED) is 0.671. The number of esters is 1. The third kappa shape index (κ3) is 6.05. The summed E-state index contributed by atoms with van der Waals surface area (Å²) in [5.41, 5.74) is 3.68. The molecular formula is C24H32N2O4. The molecule has 2 rings (SSSR count). The van der Waals surface area contributed by atoms with E-state index in [9.17, 15) is 9.59 Å². The van der Waals surface area contributed by atoms with Crippen molar-refractivity contribution in [3.05, 3.63) is 52.8 Å². The van der Waals surface area contributed by atoms with Gasteiger partial charge >= 0.3 is 12.1 Å². The van der Waals surface area contributed by atoms with Crippen molar-refractivity contribution in [3.8, 4) is 11.1 Å². The molecule has 0 aliphatic heterocycles. The molecule has 0 atom stereocenters. The summed E-state index contributed by atoms with van der Waals surface area (Å²) < 4.78 is 10.4. The highest BCUT2D eigenvalue weighted by molar-refractivity contribution is 5.99. The lowest BCUT2D eigenvalue weighted by Gasteiger charge is -2.23. The molecule has 0 aliphatic carbocycles. The fourth-order valence-corrected chi connectivity index (χ4v) is 3.30. The van der Waals surface area contributed by atoms with Gasteiger partial charge in [0.05, 0.1) is 18.4 Å². The van der Waals surface area contributed by atoms with E-state index in [1.54, 1.807) is 0 Å². The van der Waals surface area contributed by atoms with Gasteiger partial charge < -0.3 is 14.8 Å². The predicted octanol–water partition coefficient (Wildman–Crippen LogP) is 5.07. The zero-order valence-corrected chi connectivity index (χ0v) is 19.0. The fraction of sp³-hybridized carbons (Fsp3) is 0.458. The number of hydrogen-bond acceptors (Lipinski definition) is 5. The van der Waals surface area contributed by atoms with Crippen LogP contribution in [-0.2, 0) is 22.4 Å². The van der Waals surface area contributed by atoms with E-state index in [-0.39, 0.29) is 6.54 Å². The maximum absolute atomic E-state index is 12.7. The number of amides is 1. The molecule has 0 aliphatic rings. The van der Waals surface area contributed by atoms with Gasteiger partial charge in [0.2, 0.25) is 0 Å². The van der Waals surface area contributed by atoms with Crippen LogP contribution in [0.5, 0.6) is 0 Å². The minimum Gasteiger partial charge on any atom is -0.465 e. The van der Waals surface area contributed by atoms with Crippen molar-refractivity contribution < 1.29 is 19.1 Å². The molecular weight excluding hydrogens is 380 g/mol. The second-order valence-corrected chi connectivity index (χ2v) is 8.68. The molecule has 162 valence electrons. The van der Waals surface area contributed by atoms with E-state index in [1.807, 2.05) is 58.0 Å². The first-order chi connectivity index (χ1) is 14.0. The summed E-state index contributed by atoms with van der Waals surface area (Å²) in [6.07, 6.45) is 0.199. The van der Waals surface area contributed by atoms with Crippen LogP contribution in [-0.4, -0.2) is 29.8 Å². The SMILES string of the molecule is COC(=O)c1c(C)nc(CC(C)C)c(CNC(=O)OC(C)(C)C)c1-c1ccccc1. The smallest absolute Gasteiger partial charge is 0.407 e. The molecule has 1 heterocycles. The molecule has 0 bridgehead atoms. The van der Waals surface area contributed by atoms with Crippen LogP contribution in [0.1, 0.15) is 61.9 Å². The summed E-state index contributed by atoms with van der Waals surface area (Å²) in [5.74, 6) is -0.0988. The van der Waals surface area contributed by atoms with Crippen molar-refractivity contribution in [2.24, 2.45) is 5.92 Å². The number of carbonyl (C=O) groups is 2. The van der Waals surface area contributed by atoms with Gasteiger partial charge in [0.25, 0.3) is 0 Å². The monoisotopic (exact) mass is 412 g/mol. The van der Waals surface area contributed by atoms with E-state index in [1.165, 1.54) is 7.11 Å². The molecule has 1 aromatic carbocycles. The highest BCUT2D eigenvalue weighted by atomic mass is 16.6. The number of nitrogens with zero attached hydrogens (tertiary/aromatic N) is 1. The van der Waals surface area contributed by atoms with Crippen LogP contribution in [0, 0.1) is 12.8 Å². The second kappa shape index (κ2) is 9.74. The average molecular weight is 413 g/mol. The van der Waals surface area contributed by atoms with Crippen LogP contribution < -0.4 is 5.32 Å². The third-order valence-electron chi connectivity index (χ3n) is 4.43. The van der Waals surface area contributed by atoms with Gasteiger partial charge in [-0.25, -0.2) is 9.59 Å². The number of pyridine rings is 1. The van der Waals surface area contributed by atoms with Crippen LogP contribution in [0.2, 0.25) is 0 Å². The van der Waals surface area contributed by atoms with Crippen molar-refractivity contribution in [3.63, 3.8) is 0 Å². The highest BCUT2D eigenvalue weighted by Crippen LogP contribution is 2.33.